The zero-order valence-corrected chi connectivity index (χ0v) is 6.83. The van der Waals surface area contributed by atoms with Crippen molar-refractivity contribution in [3.05, 3.63) is 29.8 Å². The van der Waals surface area contributed by atoms with E-state index in [4.69, 9.17) is 5.11 Å². The number of hydrogen-bond donors (Lipinski definition) is 2. The molecule has 0 aliphatic rings. The monoisotopic (exact) mass is 184 g/mol. The van der Waals surface area contributed by atoms with E-state index < -0.39 is 11.8 Å². The molecule has 13 heavy (non-hydrogen) atoms. The molecule has 1 heterocycles. The first-order valence-corrected chi connectivity index (χ1v) is 3.70. The summed E-state index contributed by atoms with van der Waals surface area (Å²) in [7, 11) is 0. The number of carboxylic acid groups (broad SMARTS) is 1. The van der Waals surface area contributed by atoms with Gasteiger partial charge in [-0.2, -0.15) is 0 Å². The smallest absolute Gasteiger partial charge is 0.317 e. The summed E-state index contributed by atoms with van der Waals surface area (Å²) in [5.74, 6) is -1.36. The van der Waals surface area contributed by atoms with Crippen molar-refractivity contribution in [2.45, 2.75) is 6.54 Å². The Morgan fingerprint density at radius 2 is 2.38 bits per heavy atom. The lowest BCUT2D eigenvalue weighted by Crippen LogP contribution is -2.21. The largest absolute Gasteiger partial charge is 0.480 e. The Bertz CT molecular complexity index is 304. The van der Waals surface area contributed by atoms with Crippen molar-refractivity contribution in [1.29, 1.82) is 0 Å². The Hall–Kier alpha value is -1.49. The lowest BCUT2D eigenvalue weighted by molar-refractivity contribution is -0.135. The Morgan fingerprint density at radius 1 is 1.62 bits per heavy atom. The number of carbonyl (C=O) groups is 1. The van der Waals surface area contributed by atoms with Crippen LogP contribution in [0.15, 0.2) is 18.5 Å². The molecular weight excluding hydrogens is 175 g/mol. The standard InChI is InChI=1S/C8H9FN2O2/c9-7-1-6(2-10-4-7)3-11-5-8(12)13/h1-2,4,11H,3,5H2,(H,12,13). The number of hydrogen-bond acceptors (Lipinski definition) is 3. The zero-order valence-electron chi connectivity index (χ0n) is 6.83. The Labute approximate surface area is 74.4 Å². The van der Waals surface area contributed by atoms with E-state index in [1.807, 2.05) is 0 Å². The van der Waals surface area contributed by atoms with Gasteiger partial charge in [-0.25, -0.2) is 4.39 Å². The van der Waals surface area contributed by atoms with Gasteiger partial charge in [-0.15, -0.1) is 0 Å². The summed E-state index contributed by atoms with van der Waals surface area (Å²) >= 11 is 0. The summed E-state index contributed by atoms with van der Waals surface area (Å²) in [5, 5.41) is 10.9. The minimum absolute atomic E-state index is 0.142. The minimum atomic E-state index is -0.940. The molecule has 0 saturated heterocycles. The van der Waals surface area contributed by atoms with Gasteiger partial charge in [0.05, 0.1) is 12.7 Å². The van der Waals surface area contributed by atoms with Crippen LogP contribution in [0.3, 0.4) is 0 Å². The molecule has 0 aliphatic heterocycles. The maximum atomic E-state index is 12.5. The van der Waals surface area contributed by atoms with Crippen molar-refractivity contribution in [1.82, 2.24) is 10.3 Å². The van der Waals surface area contributed by atoms with Gasteiger partial charge in [0.1, 0.15) is 5.82 Å². The first-order chi connectivity index (χ1) is 6.18. The topological polar surface area (TPSA) is 62.2 Å². The summed E-state index contributed by atoms with van der Waals surface area (Å²) in [4.78, 5) is 13.7. The number of halogens is 1. The molecule has 0 spiro atoms. The van der Waals surface area contributed by atoms with Crippen LogP contribution in [0.1, 0.15) is 5.56 Å². The number of nitrogens with zero attached hydrogens (tertiary/aromatic N) is 1. The van der Waals surface area contributed by atoms with Gasteiger partial charge < -0.3 is 10.4 Å². The number of aromatic nitrogens is 1. The lowest BCUT2D eigenvalue weighted by Gasteiger charge is -2.00. The first-order valence-electron chi connectivity index (χ1n) is 3.70. The Balaban J connectivity index is 2.41. The van der Waals surface area contributed by atoms with Gasteiger partial charge in [-0.05, 0) is 11.6 Å². The third-order valence-corrected chi connectivity index (χ3v) is 1.37. The summed E-state index contributed by atoms with van der Waals surface area (Å²) < 4.78 is 12.5. The molecule has 0 aromatic carbocycles. The fourth-order valence-corrected chi connectivity index (χ4v) is 0.866. The molecule has 5 heteroatoms. The predicted octanol–water partition coefficient (Wildman–Crippen LogP) is 0.395. The maximum absolute atomic E-state index is 12.5. The molecule has 0 fully saturated rings. The van der Waals surface area contributed by atoms with Crippen molar-refractivity contribution in [3.63, 3.8) is 0 Å². The molecule has 2 N–H and O–H groups in total. The number of rotatable bonds is 4. The van der Waals surface area contributed by atoms with Crippen molar-refractivity contribution in [3.8, 4) is 0 Å². The maximum Gasteiger partial charge on any atom is 0.317 e. The summed E-state index contributed by atoms with van der Waals surface area (Å²) in [6.45, 7) is 0.160. The molecule has 4 nitrogen and oxygen atoms in total. The van der Waals surface area contributed by atoms with Crippen LogP contribution in [-0.2, 0) is 11.3 Å². The number of carboxylic acids is 1. The highest BCUT2D eigenvalue weighted by Gasteiger charge is 1.97. The molecule has 0 aliphatic carbocycles. The molecule has 0 amide bonds. The van der Waals surface area contributed by atoms with Gasteiger partial charge >= 0.3 is 5.97 Å². The third-order valence-electron chi connectivity index (χ3n) is 1.37. The molecular formula is C8H9FN2O2. The van der Waals surface area contributed by atoms with Gasteiger partial charge in [-0.3, -0.25) is 9.78 Å². The number of aliphatic carboxylic acids is 1. The van der Waals surface area contributed by atoms with E-state index in [-0.39, 0.29) is 6.54 Å². The molecule has 1 rings (SSSR count). The molecule has 0 saturated carbocycles. The highest BCUT2D eigenvalue weighted by Crippen LogP contribution is 1.99. The minimum Gasteiger partial charge on any atom is -0.480 e. The van der Waals surface area contributed by atoms with Crippen LogP contribution in [0.25, 0.3) is 0 Å². The van der Waals surface area contributed by atoms with Gasteiger partial charge in [0.15, 0.2) is 0 Å². The van der Waals surface area contributed by atoms with E-state index >= 15 is 0 Å². The van der Waals surface area contributed by atoms with Crippen LogP contribution in [-0.4, -0.2) is 22.6 Å². The third kappa shape index (κ3) is 3.62. The molecule has 0 bridgehead atoms. The van der Waals surface area contributed by atoms with E-state index in [0.29, 0.717) is 12.1 Å². The summed E-state index contributed by atoms with van der Waals surface area (Å²) in [6.07, 6.45) is 2.58. The van der Waals surface area contributed by atoms with Crippen LogP contribution >= 0.6 is 0 Å². The van der Waals surface area contributed by atoms with Crippen molar-refractivity contribution >= 4 is 5.97 Å². The van der Waals surface area contributed by atoms with E-state index in [1.165, 1.54) is 12.3 Å². The molecule has 0 unspecified atom stereocenters. The van der Waals surface area contributed by atoms with Gasteiger partial charge in [0, 0.05) is 12.7 Å². The second-order valence-electron chi connectivity index (χ2n) is 2.51. The fraction of sp³-hybridized carbons (Fsp3) is 0.250. The van der Waals surface area contributed by atoms with Crippen LogP contribution in [0.2, 0.25) is 0 Å². The van der Waals surface area contributed by atoms with Crippen molar-refractivity contribution in [2.24, 2.45) is 0 Å². The van der Waals surface area contributed by atoms with E-state index in [0.717, 1.165) is 6.20 Å². The highest BCUT2D eigenvalue weighted by molar-refractivity contribution is 5.68. The SMILES string of the molecule is O=C(O)CNCc1cncc(F)c1. The number of nitrogens with one attached hydrogen (secondary N) is 1. The van der Waals surface area contributed by atoms with Crippen LogP contribution in [0, 0.1) is 5.82 Å². The van der Waals surface area contributed by atoms with Gasteiger partial charge in [-0.1, -0.05) is 0 Å². The van der Waals surface area contributed by atoms with Crippen molar-refractivity contribution in [2.75, 3.05) is 6.54 Å². The fourth-order valence-electron chi connectivity index (χ4n) is 0.866. The quantitative estimate of drug-likeness (QED) is 0.710. The van der Waals surface area contributed by atoms with E-state index in [9.17, 15) is 9.18 Å². The molecule has 0 radical (unpaired) electrons. The van der Waals surface area contributed by atoms with Gasteiger partial charge in [0.25, 0.3) is 0 Å². The summed E-state index contributed by atoms with van der Waals surface area (Å²) in [5.41, 5.74) is 0.626. The van der Waals surface area contributed by atoms with Crippen LogP contribution in [0.5, 0.6) is 0 Å². The summed E-state index contributed by atoms with van der Waals surface area (Å²) in [6, 6.07) is 1.31. The molecule has 70 valence electrons. The lowest BCUT2D eigenvalue weighted by atomic mass is 10.3. The average molecular weight is 184 g/mol. The van der Waals surface area contributed by atoms with Gasteiger partial charge in [0.2, 0.25) is 0 Å². The van der Waals surface area contributed by atoms with E-state index in [2.05, 4.69) is 10.3 Å². The second kappa shape index (κ2) is 4.51. The van der Waals surface area contributed by atoms with Crippen molar-refractivity contribution < 1.29 is 14.3 Å². The first kappa shape index (κ1) is 9.60. The normalized spacial score (nSPS) is 9.92. The highest BCUT2D eigenvalue weighted by atomic mass is 19.1. The Kier molecular flexibility index (Phi) is 3.33. The average Bonchev–Trinajstić information content (AvgIpc) is 2.03. The van der Waals surface area contributed by atoms with Crippen LogP contribution in [0.4, 0.5) is 4.39 Å². The second-order valence-corrected chi connectivity index (χ2v) is 2.51. The zero-order chi connectivity index (χ0) is 9.68. The molecule has 0 atom stereocenters. The van der Waals surface area contributed by atoms with Crippen LogP contribution < -0.4 is 5.32 Å². The van der Waals surface area contributed by atoms with E-state index in [1.54, 1.807) is 0 Å². The number of pyridine rings is 1. The Morgan fingerprint density at radius 3 is 3.00 bits per heavy atom. The predicted molar refractivity (Wildman–Crippen MR) is 43.5 cm³/mol. The molecule has 1 aromatic heterocycles. The molecule has 1 aromatic rings.